The van der Waals surface area contributed by atoms with Crippen molar-refractivity contribution in [1.29, 1.82) is 0 Å². The lowest BCUT2D eigenvalue weighted by Crippen LogP contribution is -2.02. The third-order valence-electron chi connectivity index (χ3n) is 2.86. The SMILES string of the molecule is CCCn1cc(C(O)Cc2ccccc2Br)cn1. The molecule has 0 fully saturated rings. The van der Waals surface area contributed by atoms with E-state index in [1.807, 2.05) is 35.1 Å². The Labute approximate surface area is 116 Å². The maximum absolute atomic E-state index is 10.2. The molecule has 3 nitrogen and oxygen atoms in total. The average molecular weight is 309 g/mol. The number of halogens is 1. The molecule has 1 unspecified atom stereocenters. The molecule has 0 saturated heterocycles. The van der Waals surface area contributed by atoms with Gasteiger partial charge in [0, 0.05) is 29.2 Å². The summed E-state index contributed by atoms with van der Waals surface area (Å²) < 4.78 is 2.91. The molecule has 2 aromatic rings. The third-order valence-corrected chi connectivity index (χ3v) is 3.64. The van der Waals surface area contributed by atoms with E-state index in [0.29, 0.717) is 6.42 Å². The molecule has 1 aromatic heterocycles. The lowest BCUT2D eigenvalue weighted by molar-refractivity contribution is 0.178. The topological polar surface area (TPSA) is 38.0 Å². The highest BCUT2D eigenvalue weighted by molar-refractivity contribution is 9.10. The summed E-state index contributed by atoms with van der Waals surface area (Å²) >= 11 is 3.50. The predicted octanol–water partition coefficient (Wildman–Crippen LogP) is 3.33. The first-order valence-corrected chi connectivity index (χ1v) is 6.94. The van der Waals surface area contributed by atoms with Crippen LogP contribution in [0.3, 0.4) is 0 Å². The fourth-order valence-electron chi connectivity index (χ4n) is 1.89. The van der Waals surface area contributed by atoms with Gasteiger partial charge in [-0.25, -0.2) is 0 Å². The molecule has 1 heterocycles. The van der Waals surface area contributed by atoms with Gasteiger partial charge in [-0.3, -0.25) is 4.68 Å². The monoisotopic (exact) mass is 308 g/mol. The second-order valence-electron chi connectivity index (χ2n) is 4.35. The van der Waals surface area contributed by atoms with E-state index in [-0.39, 0.29) is 0 Å². The Bertz CT molecular complexity index is 510. The first-order chi connectivity index (χ1) is 8.70. The zero-order valence-corrected chi connectivity index (χ0v) is 12.0. The summed E-state index contributed by atoms with van der Waals surface area (Å²) in [6.45, 7) is 3.00. The Hall–Kier alpha value is -1.13. The van der Waals surface area contributed by atoms with Crippen LogP contribution in [0.25, 0.3) is 0 Å². The zero-order chi connectivity index (χ0) is 13.0. The van der Waals surface area contributed by atoms with Crippen molar-refractivity contribution < 1.29 is 5.11 Å². The molecule has 0 aliphatic heterocycles. The number of aryl methyl sites for hydroxylation is 1. The largest absolute Gasteiger partial charge is 0.388 e. The van der Waals surface area contributed by atoms with Crippen LogP contribution >= 0.6 is 15.9 Å². The lowest BCUT2D eigenvalue weighted by Gasteiger charge is -2.09. The maximum atomic E-state index is 10.2. The summed E-state index contributed by atoms with van der Waals surface area (Å²) in [5.74, 6) is 0. The van der Waals surface area contributed by atoms with E-state index in [0.717, 1.165) is 28.6 Å². The van der Waals surface area contributed by atoms with Crippen molar-refractivity contribution in [2.75, 3.05) is 0 Å². The highest BCUT2D eigenvalue weighted by atomic mass is 79.9. The second-order valence-corrected chi connectivity index (χ2v) is 5.20. The van der Waals surface area contributed by atoms with E-state index in [2.05, 4.69) is 28.0 Å². The van der Waals surface area contributed by atoms with Crippen LogP contribution in [-0.4, -0.2) is 14.9 Å². The molecular weight excluding hydrogens is 292 g/mol. The molecule has 1 aromatic carbocycles. The van der Waals surface area contributed by atoms with Crippen LogP contribution in [0.15, 0.2) is 41.1 Å². The summed E-state index contributed by atoms with van der Waals surface area (Å²) in [5.41, 5.74) is 1.98. The van der Waals surface area contributed by atoms with Crippen molar-refractivity contribution in [3.63, 3.8) is 0 Å². The van der Waals surface area contributed by atoms with Gasteiger partial charge >= 0.3 is 0 Å². The van der Waals surface area contributed by atoms with Gasteiger partial charge in [0.1, 0.15) is 0 Å². The minimum atomic E-state index is -0.505. The fraction of sp³-hybridized carbons (Fsp3) is 0.357. The van der Waals surface area contributed by atoms with Crippen LogP contribution in [0.2, 0.25) is 0 Å². The maximum Gasteiger partial charge on any atom is 0.0861 e. The normalized spacial score (nSPS) is 12.6. The molecule has 0 bridgehead atoms. The lowest BCUT2D eigenvalue weighted by atomic mass is 10.0. The van der Waals surface area contributed by atoms with Crippen molar-refractivity contribution in [2.45, 2.75) is 32.4 Å². The Morgan fingerprint density at radius 2 is 2.17 bits per heavy atom. The van der Waals surface area contributed by atoms with Gasteiger partial charge in [-0.1, -0.05) is 41.1 Å². The standard InChI is InChI=1S/C14H17BrN2O/c1-2-7-17-10-12(9-16-17)14(18)8-11-5-3-4-6-13(11)15/h3-6,9-10,14,18H,2,7-8H2,1H3. The number of hydrogen-bond acceptors (Lipinski definition) is 2. The van der Waals surface area contributed by atoms with Gasteiger partial charge < -0.3 is 5.11 Å². The quantitative estimate of drug-likeness (QED) is 0.920. The minimum absolute atomic E-state index is 0.505. The average Bonchev–Trinajstić information content (AvgIpc) is 2.81. The van der Waals surface area contributed by atoms with Crippen molar-refractivity contribution in [1.82, 2.24) is 9.78 Å². The molecule has 96 valence electrons. The highest BCUT2D eigenvalue weighted by Crippen LogP contribution is 2.23. The van der Waals surface area contributed by atoms with Crippen molar-refractivity contribution in [3.8, 4) is 0 Å². The van der Waals surface area contributed by atoms with Crippen LogP contribution in [0.1, 0.15) is 30.6 Å². The van der Waals surface area contributed by atoms with Gasteiger partial charge in [-0.05, 0) is 18.1 Å². The predicted molar refractivity (Wildman–Crippen MR) is 75.3 cm³/mol. The van der Waals surface area contributed by atoms with Crippen molar-refractivity contribution in [3.05, 3.63) is 52.3 Å². The van der Waals surface area contributed by atoms with Gasteiger partial charge in [0.2, 0.25) is 0 Å². The molecule has 0 spiro atoms. The van der Waals surface area contributed by atoms with Gasteiger partial charge in [-0.2, -0.15) is 5.10 Å². The zero-order valence-electron chi connectivity index (χ0n) is 10.4. The van der Waals surface area contributed by atoms with Crippen LogP contribution < -0.4 is 0 Å². The fourth-order valence-corrected chi connectivity index (χ4v) is 2.34. The molecule has 18 heavy (non-hydrogen) atoms. The van der Waals surface area contributed by atoms with Gasteiger partial charge in [0.05, 0.1) is 12.3 Å². The molecule has 0 aliphatic carbocycles. The van der Waals surface area contributed by atoms with Crippen LogP contribution in [-0.2, 0) is 13.0 Å². The Morgan fingerprint density at radius 3 is 2.89 bits per heavy atom. The molecule has 2 rings (SSSR count). The van der Waals surface area contributed by atoms with E-state index in [1.165, 1.54) is 0 Å². The number of aliphatic hydroxyl groups excluding tert-OH is 1. The van der Waals surface area contributed by atoms with E-state index in [9.17, 15) is 5.11 Å². The summed E-state index contributed by atoms with van der Waals surface area (Å²) in [4.78, 5) is 0. The highest BCUT2D eigenvalue weighted by Gasteiger charge is 2.12. The number of benzene rings is 1. The number of rotatable bonds is 5. The molecule has 0 amide bonds. The van der Waals surface area contributed by atoms with Gasteiger partial charge in [0.15, 0.2) is 0 Å². The van der Waals surface area contributed by atoms with Crippen LogP contribution in [0.5, 0.6) is 0 Å². The Morgan fingerprint density at radius 1 is 1.39 bits per heavy atom. The summed E-state index contributed by atoms with van der Waals surface area (Å²) in [7, 11) is 0. The molecule has 1 atom stereocenters. The molecular formula is C14H17BrN2O. The third kappa shape index (κ3) is 3.21. The Balaban J connectivity index is 2.07. The number of aliphatic hydroxyl groups is 1. The molecule has 1 N–H and O–H groups in total. The van der Waals surface area contributed by atoms with E-state index in [1.54, 1.807) is 6.20 Å². The number of hydrogen-bond donors (Lipinski definition) is 1. The van der Waals surface area contributed by atoms with E-state index < -0.39 is 6.10 Å². The first-order valence-electron chi connectivity index (χ1n) is 6.14. The summed E-state index contributed by atoms with van der Waals surface area (Å²) in [6.07, 6.45) is 4.80. The smallest absolute Gasteiger partial charge is 0.0861 e. The number of aromatic nitrogens is 2. The first kappa shape index (κ1) is 13.3. The molecule has 4 heteroatoms. The minimum Gasteiger partial charge on any atom is -0.388 e. The Kier molecular flexibility index (Phi) is 4.55. The van der Waals surface area contributed by atoms with Crippen molar-refractivity contribution >= 4 is 15.9 Å². The summed E-state index contributed by atoms with van der Waals surface area (Å²) in [6, 6.07) is 7.96. The van der Waals surface area contributed by atoms with Crippen LogP contribution in [0, 0.1) is 0 Å². The molecule has 0 saturated carbocycles. The van der Waals surface area contributed by atoms with Gasteiger partial charge in [0.25, 0.3) is 0 Å². The number of nitrogens with zero attached hydrogens (tertiary/aromatic N) is 2. The van der Waals surface area contributed by atoms with Crippen LogP contribution in [0.4, 0.5) is 0 Å². The van der Waals surface area contributed by atoms with Gasteiger partial charge in [-0.15, -0.1) is 0 Å². The van der Waals surface area contributed by atoms with E-state index >= 15 is 0 Å². The molecule has 0 aliphatic rings. The second kappa shape index (κ2) is 6.16. The van der Waals surface area contributed by atoms with Crippen molar-refractivity contribution in [2.24, 2.45) is 0 Å². The summed E-state index contributed by atoms with van der Waals surface area (Å²) in [5, 5.41) is 14.4. The molecule has 0 radical (unpaired) electrons. The van der Waals surface area contributed by atoms with E-state index in [4.69, 9.17) is 0 Å².